The molecule has 0 radical (unpaired) electrons. The van der Waals surface area contributed by atoms with Crippen LogP contribution in [0.1, 0.15) is 18.5 Å². The molecule has 2 aromatic rings. The zero-order valence-corrected chi connectivity index (χ0v) is 17.1. The maximum absolute atomic E-state index is 12.8. The minimum Gasteiger partial charge on any atom is -0.463 e. The fraction of sp³-hybridized carbons (Fsp3) is 0.200. The molecule has 0 bridgehead atoms. The van der Waals surface area contributed by atoms with Gasteiger partial charge in [0.2, 0.25) is 0 Å². The third-order valence-corrected chi connectivity index (χ3v) is 6.20. The molecule has 1 aliphatic heterocycles. The number of carbonyl (C=O) groups is 2. The second kappa shape index (κ2) is 8.67. The van der Waals surface area contributed by atoms with Gasteiger partial charge in [0.05, 0.1) is 28.9 Å². The molecule has 1 aliphatic rings. The number of halogens is 1. The van der Waals surface area contributed by atoms with Crippen molar-refractivity contribution in [2.45, 2.75) is 17.9 Å². The maximum atomic E-state index is 12.8. The lowest BCUT2D eigenvalue weighted by atomic mass is 9.95. The van der Waals surface area contributed by atoms with E-state index in [9.17, 15) is 18.0 Å². The predicted molar refractivity (Wildman–Crippen MR) is 108 cm³/mol. The molecule has 7 nitrogen and oxygen atoms in total. The van der Waals surface area contributed by atoms with Crippen LogP contribution in [0.4, 0.5) is 4.79 Å². The molecule has 1 atom stereocenters. The van der Waals surface area contributed by atoms with Crippen molar-refractivity contribution >= 4 is 33.4 Å². The molecular weight excluding hydrogens is 416 g/mol. The minimum atomic E-state index is -3.81. The quantitative estimate of drug-likeness (QED) is 0.680. The minimum absolute atomic E-state index is 0.0176. The molecule has 2 amide bonds. The highest BCUT2D eigenvalue weighted by Crippen LogP contribution is 2.30. The van der Waals surface area contributed by atoms with Crippen LogP contribution in [0.3, 0.4) is 0 Å². The van der Waals surface area contributed by atoms with Gasteiger partial charge in [-0.25, -0.2) is 18.0 Å². The Morgan fingerprint density at radius 2 is 1.76 bits per heavy atom. The molecule has 0 fully saturated rings. The monoisotopic (exact) mass is 434 g/mol. The Hall–Kier alpha value is -2.84. The Labute approximate surface area is 173 Å². The van der Waals surface area contributed by atoms with E-state index >= 15 is 0 Å². The summed E-state index contributed by atoms with van der Waals surface area (Å²) in [6, 6.07) is 12.9. The molecule has 29 heavy (non-hydrogen) atoms. The summed E-state index contributed by atoms with van der Waals surface area (Å²) in [6.07, 6.45) is 0. The Balaban J connectivity index is 2.09. The van der Waals surface area contributed by atoms with Gasteiger partial charge in [0, 0.05) is 10.7 Å². The first-order valence-corrected chi connectivity index (χ1v) is 10.9. The number of benzene rings is 2. The maximum Gasteiger partial charge on any atom is 0.338 e. The van der Waals surface area contributed by atoms with Gasteiger partial charge in [0.25, 0.3) is 0 Å². The molecule has 1 heterocycles. The van der Waals surface area contributed by atoms with E-state index in [0.717, 1.165) is 0 Å². The first-order chi connectivity index (χ1) is 13.8. The van der Waals surface area contributed by atoms with Crippen LogP contribution in [-0.2, 0) is 19.4 Å². The summed E-state index contributed by atoms with van der Waals surface area (Å²) in [5.41, 5.74) is 0.589. The summed E-state index contributed by atoms with van der Waals surface area (Å²) in [7, 11) is -3.81. The van der Waals surface area contributed by atoms with Crippen LogP contribution in [0, 0.1) is 0 Å². The zero-order valence-electron chi connectivity index (χ0n) is 15.5. The molecule has 0 spiro atoms. The van der Waals surface area contributed by atoms with Gasteiger partial charge in [-0.2, -0.15) is 0 Å². The Morgan fingerprint density at radius 1 is 1.10 bits per heavy atom. The number of amides is 2. The molecule has 3 rings (SSSR count). The molecule has 9 heteroatoms. The molecular formula is C20H19ClN2O5S. The molecule has 2 aromatic carbocycles. The van der Waals surface area contributed by atoms with Gasteiger partial charge >= 0.3 is 12.0 Å². The highest BCUT2D eigenvalue weighted by molar-refractivity contribution is 7.91. The average Bonchev–Trinajstić information content (AvgIpc) is 2.68. The van der Waals surface area contributed by atoms with Gasteiger partial charge in [0.1, 0.15) is 0 Å². The third kappa shape index (κ3) is 4.78. The van der Waals surface area contributed by atoms with Crippen molar-refractivity contribution in [3.8, 4) is 0 Å². The van der Waals surface area contributed by atoms with E-state index in [2.05, 4.69) is 10.6 Å². The number of rotatable bonds is 6. The normalized spacial score (nSPS) is 16.8. The van der Waals surface area contributed by atoms with Crippen molar-refractivity contribution < 1.29 is 22.7 Å². The summed E-state index contributed by atoms with van der Waals surface area (Å²) in [4.78, 5) is 25.0. The number of carbonyl (C=O) groups excluding carboxylic acids is 2. The zero-order chi connectivity index (χ0) is 21.0. The molecule has 0 saturated carbocycles. The second-order valence-electron chi connectivity index (χ2n) is 6.27. The third-order valence-electron chi connectivity index (χ3n) is 4.29. The summed E-state index contributed by atoms with van der Waals surface area (Å²) in [6.45, 7) is 1.74. The van der Waals surface area contributed by atoms with Crippen LogP contribution in [0.5, 0.6) is 0 Å². The molecule has 0 aliphatic carbocycles. The van der Waals surface area contributed by atoms with Gasteiger partial charge in [-0.1, -0.05) is 41.9 Å². The lowest BCUT2D eigenvalue weighted by Gasteiger charge is -2.29. The van der Waals surface area contributed by atoms with Crippen LogP contribution >= 0.6 is 11.6 Å². The highest BCUT2D eigenvalue weighted by Gasteiger charge is 2.35. The van der Waals surface area contributed by atoms with E-state index in [-0.39, 0.29) is 22.8 Å². The van der Waals surface area contributed by atoms with Crippen LogP contribution < -0.4 is 10.6 Å². The van der Waals surface area contributed by atoms with Crippen molar-refractivity contribution in [3.05, 3.63) is 76.5 Å². The number of nitrogens with one attached hydrogen (secondary N) is 2. The van der Waals surface area contributed by atoms with Crippen molar-refractivity contribution in [3.63, 3.8) is 0 Å². The lowest BCUT2D eigenvalue weighted by molar-refractivity contribution is -0.139. The first-order valence-electron chi connectivity index (χ1n) is 8.82. The fourth-order valence-corrected chi connectivity index (χ4v) is 4.46. The SMILES string of the molecule is CCOC(=O)C1=C(CS(=O)(=O)c2ccccc2)NC(=O)N[C@H]1c1ccc(Cl)cc1. The van der Waals surface area contributed by atoms with Crippen molar-refractivity contribution in [1.29, 1.82) is 0 Å². The van der Waals surface area contributed by atoms with Crippen LogP contribution in [0.25, 0.3) is 0 Å². The van der Waals surface area contributed by atoms with E-state index < -0.39 is 33.6 Å². The van der Waals surface area contributed by atoms with Gasteiger partial charge in [-0.3, -0.25) is 0 Å². The van der Waals surface area contributed by atoms with Gasteiger partial charge < -0.3 is 15.4 Å². The van der Waals surface area contributed by atoms with Gasteiger partial charge in [0.15, 0.2) is 9.84 Å². The van der Waals surface area contributed by atoms with E-state index in [1.165, 1.54) is 12.1 Å². The van der Waals surface area contributed by atoms with Gasteiger partial charge in [-0.15, -0.1) is 0 Å². The van der Waals surface area contributed by atoms with Crippen LogP contribution in [-0.4, -0.2) is 32.8 Å². The van der Waals surface area contributed by atoms with Crippen LogP contribution in [0.15, 0.2) is 70.8 Å². The van der Waals surface area contributed by atoms with Crippen molar-refractivity contribution in [2.24, 2.45) is 0 Å². The summed E-state index contributed by atoms with van der Waals surface area (Å²) >= 11 is 5.93. The number of esters is 1. The molecule has 0 aromatic heterocycles. The molecule has 0 saturated heterocycles. The van der Waals surface area contributed by atoms with E-state index in [0.29, 0.717) is 10.6 Å². The molecule has 2 N–H and O–H groups in total. The predicted octanol–water partition coefficient (Wildman–Crippen LogP) is 2.99. The van der Waals surface area contributed by atoms with Gasteiger partial charge in [-0.05, 0) is 36.8 Å². The summed E-state index contributed by atoms with van der Waals surface area (Å²) < 4.78 is 30.8. The van der Waals surface area contributed by atoms with Crippen LogP contribution in [0.2, 0.25) is 5.02 Å². The number of hydrogen-bond acceptors (Lipinski definition) is 5. The number of ether oxygens (including phenoxy) is 1. The fourth-order valence-electron chi connectivity index (χ4n) is 2.99. The van der Waals surface area contributed by atoms with E-state index in [1.54, 1.807) is 49.4 Å². The average molecular weight is 435 g/mol. The molecule has 0 unspecified atom stereocenters. The first kappa shape index (κ1) is 20.9. The Bertz CT molecular complexity index is 1050. The Morgan fingerprint density at radius 3 is 2.38 bits per heavy atom. The Kier molecular flexibility index (Phi) is 6.24. The van der Waals surface area contributed by atoms with Crippen molar-refractivity contribution in [1.82, 2.24) is 10.6 Å². The smallest absolute Gasteiger partial charge is 0.338 e. The topological polar surface area (TPSA) is 102 Å². The van der Waals surface area contributed by atoms with Crippen molar-refractivity contribution in [2.75, 3.05) is 12.4 Å². The second-order valence-corrected chi connectivity index (χ2v) is 8.69. The number of urea groups is 1. The standard InChI is InChI=1S/C20H19ClN2O5S/c1-2-28-19(24)17-16(12-29(26,27)15-6-4-3-5-7-15)22-20(25)23-18(17)13-8-10-14(21)11-9-13/h3-11,18H,2,12H2,1H3,(H2,22,23,25)/t18-/m0/s1. The van der Waals surface area contributed by atoms with E-state index in [4.69, 9.17) is 16.3 Å². The largest absolute Gasteiger partial charge is 0.463 e. The molecule has 152 valence electrons. The number of hydrogen-bond donors (Lipinski definition) is 2. The lowest BCUT2D eigenvalue weighted by Crippen LogP contribution is -2.47. The highest BCUT2D eigenvalue weighted by atomic mass is 35.5. The summed E-state index contributed by atoms with van der Waals surface area (Å²) in [5.74, 6) is -1.26. The van der Waals surface area contributed by atoms with E-state index in [1.807, 2.05) is 0 Å². The summed E-state index contributed by atoms with van der Waals surface area (Å²) in [5, 5.41) is 5.61. The number of sulfone groups is 1.